The molecule has 78 valence electrons. The Morgan fingerprint density at radius 3 is 2.79 bits per heavy atom. The highest BCUT2D eigenvalue weighted by atomic mass is 16.5. The minimum atomic E-state index is -0.129. The standard InChI is InChI=1S/C10H17N3O/c1-6(2)9(11)10-12-8(13-14-10)5-7-3-4-7/h6-7,9H,3-5,11H2,1-2H3/t9-/m0/s1. The fraction of sp³-hybridized carbons (Fsp3) is 0.800. The highest BCUT2D eigenvalue weighted by molar-refractivity contribution is 4.95. The van der Waals surface area contributed by atoms with E-state index in [0.717, 1.165) is 18.2 Å². The van der Waals surface area contributed by atoms with Crippen LogP contribution in [0.5, 0.6) is 0 Å². The Morgan fingerprint density at radius 1 is 1.50 bits per heavy atom. The molecule has 4 heteroatoms. The Morgan fingerprint density at radius 2 is 2.21 bits per heavy atom. The number of nitrogens with zero attached hydrogens (tertiary/aromatic N) is 2. The third kappa shape index (κ3) is 2.12. The van der Waals surface area contributed by atoms with Crippen LogP contribution in [0.1, 0.15) is 44.4 Å². The molecule has 2 rings (SSSR count). The third-order valence-corrected chi connectivity index (χ3v) is 2.66. The Hall–Kier alpha value is -0.900. The molecular weight excluding hydrogens is 178 g/mol. The quantitative estimate of drug-likeness (QED) is 0.793. The molecule has 0 radical (unpaired) electrons. The Kier molecular flexibility index (Phi) is 2.54. The summed E-state index contributed by atoms with van der Waals surface area (Å²) in [5.41, 5.74) is 5.90. The number of rotatable bonds is 4. The van der Waals surface area contributed by atoms with Crippen molar-refractivity contribution in [2.75, 3.05) is 0 Å². The van der Waals surface area contributed by atoms with Crippen LogP contribution in [0.4, 0.5) is 0 Å². The second-order valence-corrected chi connectivity index (χ2v) is 4.47. The smallest absolute Gasteiger partial charge is 0.243 e. The molecule has 0 unspecified atom stereocenters. The largest absolute Gasteiger partial charge is 0.338 e. The average Bonchev–Trinajstić information content (AvgIpc) is 2.81. The first-order chi connectivity index (χ1) is 6.66. The molecule has 14 heavy (non-hydrogen) atoms. The van der Waals surface area contributed by atoms with Crippen molar-refractivity contribution in [3.63, 3.8) is 0 Å². The number of nitrogens with two attached hydrogens (primary N) is 1. The SMILES string of the molecule is CC(C)[C@H](N)c1nc(CC2CC2)no1. The predicted octanol–water partition coefficient (Wildman–Crippen LogP) is 1.68. The fourth-order valence-electron chi connectivity index (χ4n) is 1.35. The number of hydrogen-bond acceptors (Lipinski definition) is 4. The van der Waals surface area contributed by atoms with E-state index in [0.29, 0.717) is 11.8 Å². The van der Waals surface area contributed by atoms with Gasteiger partial charge in [0.25, 0.3) is 0 Å². The maximum absolute atomic E-state index is 5.90. The van der Waals surface area contributed by atoms with Crippen molar-refractivity contribution in [2.45, 2.75) is 39.2 Å². The maximum Gasteiger partial charge on any atom is 0.243 e. The lowest BCUT2D eigenvalue weighted by atomic mass is 10.1. The number of hydrogen-bond donors (Lipinski definition) is 1. The molecule has 0 aliphatic heterocycles. The van der Waals surface area contributed by atoms with Gasteiger partial charge in [-0.2, -0.15) is 4.98 Å². The molecule has 1 saturated carbocycles. The highest BCUT2D eigenvalue weighted by Gasteiger charge is 2.25. The zero-order chi connectivity index (χ0) is 10.1. The van der Waals surface area contributed by atoms with E-state index in [4.69, 9.17) is 10.3 Å². The molecule has 0 aromatic carbocycles. The number of aromatic nitrogens is 2. The second kappa shape index (κ2) is 3.69. The zero-order valence-electron chi connectivity index (χ0n) is 8.73. The van der Waals surface area contributed by atoms with E-state index in [1.54, 1.807) is 0 Å². The topological polar surface area (TPSA) is 64.9 Å². The van der Waals surface area contributed by atoms with Crippen LogP contribution in [-0.2, 0) is 6.42 Å². The summed E-state index contributed by atoms with van der Waals surface area (Å²) in [4.78, 5) is 4.31. The lowest BCUT2D eigenvalue weighted by Gasteiger charge is -2.09. The van der Waals surface area contributed by atoms with Crippen molar-refractivity contribution >= 4 is 0 Å². The molecule has 0 saturated heterocycles. The summed E-state index contributed by atoms with van der Waals surface area (Å²) in [6.07, 6.45) is 3.56. The third-order valence-electron chi connectivity index (χ3n) is 2.66. The van der Waals surface area contributed by atoms with Crippen LogP contribution in [0, 0.1) is 11.8 Å². The summed E-state index contributed by atoms with van der Waals surface area (Å²) < 4.78 is 5.13. The first-order valence-corrected chi connectivity index (χ1v) is 5.25. The van der Waals surface area contributed by atoms with Gasteiger partial charge in [-0.1, -0.05) is 19.0 Å². The fourth-order valence-corrected chi connectivity index (χ4v) is 1.35. The van der Waals surface area contributed by atoms with Crippen LogP contribution in [-0.4, -0.2) is 10.1 Å². The maximum atomic E-state index is 5.90. The zero-order valence-corrected chi connectivity index (χ0v) is 8.73. The molecule has 1 aromatic rings. The molecule has 0 bridgehead atoms. The van der Waals surface area contributed by atoms with E-state index in [1.165, 1.54) is 12.8 Å². The summed E-state index contributed by atoms with van der Waals surface area (Å²) in [6, 6.07) is -0.129. The van der Waals surface area contributed by atoms with Gasteiger partial charge < -0.3 is 10.3 Å². The van der Waals surface area contributed by atoms with Gasteiger partial charge in [0.05, 0.1) is 6.04 Å². The van der Waals surface area contributed by atoms with Gasteiger partial charge in [0, 0.05) is 6.42 Å². The van der Waals surface area contributed by atoms with Crippen LogP contribution < -0.4 is 5.73 Å². The predicted molar refractivity (Wildman–Crippen MR) is 52.5 cm³/mol. The Balaban J connectivity index is 2.00. The average molecular weight is 195 g/mol. The Labute approximate surface area is 83.9 Å². The molecule has 2 N–H and O–H groups in total. The van der Waals surface area contributed by atoms with Crippen molar-refractivity contribution in [1.82, 2.24) is 10.1 Å². The monoisotopic (exact) mass is 195 g/mol. The molecule has 1 aliphatic carbocycles. The van der Waals surface area contributed by atoms with Crippen LogP contribution in [0.3, 0.4) is 0 Å². The molecule has 4 nitrogen and oxygen atoms in total. The van der Waals surface area contributed by atoms with Crippen molar-refractivity contribution < 1.29 is 4.52 Å². The van der Waals surface area contributed by atoms with Crippen molar-refractivity contribution in [1.29, 1.82) is 0 Å². The normalized spacial score (nSPS) is 18.9. The summed E-state index contributed by atoms with van der Waals surface area (Å²) in [5.74, 6) is 2.52. The van der Waals surface area contributed by atoms with Gasteiger partial charge in [-0.25, -0.2) is 0 Å². The van der Waals surface area contributed by atoms with Crippen LogP contribution in [0.15, 0.2) is 4.52 Å². The molecule has 1 aliphatic rings. The van der Waals surface area contributed by atoms with Gasteiger partial charge in [0.15, 0.2) is 5.82 Å². The summed E-state index contributed by atoms with van der Waals surface area (Å²) in [6.45, 7) is 4.10. The molecule has 1 atom stereocenters. The van der Waals surface area contributed by atoms with Gasteiger partial charge in [-0.15, -0.1) is 0 Å². The van der Waals surface area contributed by atoms with Gasteiger partial charge in [0.1, 0.15) is 0 Å². The molecular formula is C10H17N3O. The Bertz CT molecular complexity index is 304. The second-order valence-electron chi connectivity index (χ2n) is 4.47. The van der Waals surface area contributed by atoms with E-state index < -0.39 is 0 Å². The van der Waals surface area contributed by atoms with Gasteiger partial charge in [-0.3, -0.25) is 0 Å². The van der Waals surface area contributed by atoms with E-state index in [9.17, 15) is 0 Å². The van der Waals surface area contributed by atoms with Crippen LogP contribution in [0.2, 0.25) is 0 Å². The molecule has 1 heterocycles. The van der Waals surface area contributed by atoms with Gasteiger partial charge >= 0.3 is 0 Å². The summed E-state index contributed by atoms with van der Waals surface area (Å²) in [5, 5.41) is 3.93. The van der Waals surface area contributed by atoms with E-state index in [2.05, 4.69) is 24.0 Å². The lowest BCUT2D eigenvalue weighted by molar-refractivity contribution is 0.322. The highest BCUT2D eigenvalue weighted by Crippen LogP contribution is 2.32. The van der Waals surface area contributed by atoms with Gasteiger partial charge in [-0.05, 0) is 24.7 Å². The van der Waals surface area contributed by atoms with Crippen LogP contribution >= 0.6 is 0 Å². The molecule has 0 amide bonds. The molecule has 1 aromatic heterocycles. The van der Waals surface area contributed by atoms with Crippen molar-refractivity contribution in [3.05, 3.63) is 11.7 Å². The van der Waals surface area contributed by atoms with Crippen molar-refractivity contribution in [3.8, 4) is 0 Å². The van der Waals surface area contributed by atoms with Crippen LogP contribution in [0.25, 0.3) is 0 Å². The minimum Gasteiger partial charge on any atom is -0.338 e. The van der Waals surface area contributed by atoms with E-state index >= 15 is 0 Å². The first kappa shape index (κ1) is 9.65. The lowest BCUT2D eigenvalue weighted by Crippen LogP contribution is -2.17. The van der Waals surface area contributed by atoms with E-state index in [-0.39, 0.29) is 6.04 Å². The van der Waals surface area contributed by atoms with Crippen molar-refractivity contribution in [2.24, 2.45) is 17.6 Å². The first-order valence-electron chi connectivity index (χ1n) is 5.25. The summed E-state index contributed by atoms with van der Waals surface area (Å²) >= 11 is 0. The molecule has 0 spiro atoms. The van der Waals surface area contributed by atoms with Gasteiger partial charge in [0.2, 0.25) is 5.89 Å². The molecule has 1 fully saturated rings. The summed E-state index contributed by atoms with van der Waals surface area (Å²) in [7, 11) is 0. The van der Waals surface area contributed by atoms with E-state index in [1.807, 2.05) is 0 Å². The minimum absolute atomic E-state index is 0.129.